The summed E-state index contributed by atoms with van der Waals surface area (Å²) in [7, 11) is 0. The van der Waals surface area contributed by atoms with Crippen LogP contribution in [0.25, 0.3) is 0 Å². The van der Waals surface area contributed by atoms with Crippen LogP contribution in [0.2, 0.25) is 0 Å². The fraction of sp³-hybridized carbons (Fsp3) is 0.375. The maximum Gasteiger partial charge on any atom is 0.416 e. The second-order valence-electron chi connectivity index (χ2n) is 5.18. The molecule has 2 rings (SSSR count). The van der Waals surface area contributed by atoms with Gasteiger partial charge in [-0.15, -0.1) is 0 Å². The van der Waals surface area contributed by atoms with Gasteiger partial charge in [-0.05, 0) is 35.7 Å². The largest absolute Gasteiger partial charge is 0.416 e. The van der Waals surface area contributed by atoms with Crippen LogP contribution in [0, 0.1) is 0 Å². The van der Waals surface area contributed by atoms with Crippen molar-refractivity contribution < 1.29 is 18.3 Å². The minimum absolute atomic E-state index is 0.230. The van der Waals surface area contributed by atoms with Crippen LogP contribution >= 0.6 is 0 Å². The summed E-state index contributed by atoms with van der Waals surface area (Å²) in [6.45, 7) is 2.50. The van der Waals surface area contributed by atoms with E-state index in [1.807, 2.05) is 25.4 Å². The van der Waals surface area contributed by atoms with Crippen molar-refractivity contribution in [1.82, 2.24) is 10.3 Å². The number of hydrogen-bond donors (Lipinski definition) is 3. The molecular weight excluding hydrogens is 293 g/mol. The zero-order chi connectivity index (χ0) is 16.2. The van der Waals surface area contributed by atoms with E-state index in [1.165, 1.54) is 12.1 Å². The first kappa shape index (κ1) is 16.6. The molecule has 0 aliphatic heterocycles. The fourth-order valence-electron chi connectivity index (χ4n) is 2.30. The van der Waals surface area contributed by atoms with E-state index >= 15 is 0 Å². The number of nitrogens with one attached hydrogen (secondary N) is 2. The van der Waals surface area contributed by atoms with Crippen LogP contribution in [-0.2, 0) is 12.7 Å². The van der Waals surface area contributed by atoms with Gasteiger partial charge in [0.15, 0.2) is 0 Å². The van der Waals surface area contributed by atoms with E-state index in [2.05, 4.69) is 10.3 Å². The Morgan fingerprint density at radius 3 is 2.36 bits per heavy atom. The number of aromatic amines is 1. The average Bonchev–Trinajstić information content (AvgIpc) is 3.00. The van der Waals surface area contributed by atoms with Crippen LogP contribution < -0.4 is 5.32 Å². The molecule has 0 bridgehead atoms. The lowest BCUT2D eigenvalue weighted by Gasteiger charge is -2.23. The second kappa shape index (κ2) is 6.98. The lowest BCUT2D eigenvalue weighted by atomic mass is 9.99. The van der Waals surface area contributed by atoms with Crippen molar-refractivity contribution in [3.8, 4) is 0 Å². The molecule has 0 fully saturated rings. The number of aliphatic hydroxyl groups is 1. The molecular formula is C16H19F3N2O. The Hall–Kier alpha value is -1.79. The third-order valence-electron chi connectivity index (χ3n) is 3.63. The molecule has 0 unspecified atom stereocenters. The lowest BCUT2D eigenvalue weighted by Crippen LogP contribution is -2.34. The summed E-state index contributed by atoms with van der Waals surface area (Å²) < 4.78 is 37.6. The van der Waals surface area contributed by atoms with Crippen LogP contribution in [0.5, 0.6) is 0 Å². The van der Waals surface area contributed by atoms with E-state index in [9.17, 15) is 18.3 Å². The first-order valence-electron chi connectivity index (χ1n) is 7.12. The summed E-state index contributed by atoms with van der Waals surface area (Å²) in [4.78, 5) is 2.94. The van der Waals surface area contributed by atoms with E-state index in [-0.39, 0.29) is 6.04 Å². The van der Waals surface area contributed by atoms with Crippen molar-refractivity contribution >= 4 is 0 Å². The highest BCUT2D eigenvalue weighted by molar-refractivity contribution is 5.26. The molecule has 0 amide bonds. The van der Waals surface area contributed by atoms with E-state index in [4.69, 9.17) is 0 Å². The molecule has 0 aliphatic carbocycles. The van der Waals surface area contributed by atoms with Crippen LogP contribution in [0.15, 0.2) is 42.7 Å². The van der Waals surface area contributed by atoms with Crippen molar-refractivity contribution in [3.05, 3.63) is 59.4 Å². The molecule has 1 aromatic carbocycles. The predicted molar refractivity (Wildman–Crippen MR) is 78.1 cm³/mol. The quantitative estimate of drug-likeness (QED) is 0.763. The number of halogens is 3. The maximum absolute atomic E-state index is 12.5. The standard InChI is InChI=1S/C16H19F3N2O/c1-2-14(21-10-11-7-8-20-9-11)15(22)12-3-5-13(6-4-12)16(17,18)19/h3-9,14-15,20-22H,2,10H2,1H3/t14-,15-/m0/s1. The van der Waals surface area contributed by atoms with Gasteiger partial charge < -0.3 is 15.4 Å². The van der Waals surface area contributed by atoms with Gasteiger partial charge in [0.25, 0.3) is 0 Å². The highest BCUT2D eigenvalue weighted by Crippen LogP contribution is 2.30. The van der Waals surface area contributed by atoms with Crippen molar-refractivity contribution in [3.63, 3.8) is 0 Å². The number of aromatic nitrogens is 1. The van der Waals surface area contributed by atoms with E-state index in [0.29, 0.717) is 18.5 Å². The molecule has 0 aliphatic rings. The Morgan fingerprint density at radius 2 is 1.86 bits per heavy atom. The van der Waals surface area contributed by atoms with Crippen LogP contribution in [0.4, 0.5) is 13.2 Å². The molecule has 0 saturated carbocycles. The molecule has 0 saturated heterocycles. The average molecular weight is 312 g/mol. The van der Waals surface area contributed by atoms with Gasteiger partial charge in [-0.25, -0.2) is 0 Å². The summed E-state index contributed by atoms with van der Waals surface area (Å²) in [5.41, 5.74) is 0.816. The van der Waals surface area contributed by atoms with E-state index in [1.54, 1.807) is 0 Å². The van der Waals surface area contributed by atoms with Gasteiger partial charge in [-0.3, -0.25) is 0 Å². The Labute approximate surface area is 127 Å². The van der Waals surface area contributed by atoms with Gasteiger partial charge in [0, 0.05) is 25.0 Å². The minimum atomic E-state index is -4.36. The van der Waals surface area contributed by atoms with Gasteiger partial charge in [-0.1, -0.05) is 19.1 Å². The van der Waals surface area contributed by atoms with Crippen LogP contribution in [0.1, 0.15) is 36.1 Å². The van der Waals surface area contributed by atoms with Crippen LogP contribution in [0.3, 0.4) is 0 Å². The smallest absolute Gasteiger partial charge is 0.387 e. The third kappa shape index (κ3) is 4.11. The number of rotatable bonds is 6. The summed E-state index contributed by atoms with van der Waals surface area (Å²) in [6, 6.07) is 6.34. The number of alkyl halides is 3. The van der Waals surface area contributed by atoms with Crippen LogP contribution in [-0.4, -0.2) is 16.1 Å². The first-order valence-corrected chi connectivity index (χ1v) is 7.12. The molecule has 2 aromatic rings. The van der Waals surface area contributed by atoms with Gasteiger partial charge in [0.2, 0.25) is 0 Å². The molecule has 1 aromatic heterocycles. The van der Waals surface area contributed by atoms with Crippen molar-refractivity contribution in [2.24, 2.45) is 0 Å². The highest BCUT2D eigenvalue weighted by Gasteiger charge is 2.30. The summed E-state index contributed by atoms with van der Waals surface area (Å²) in [5.74, 6) is 0. The minimum Gasteiger partial charge on any atom is -0.387 e. The maximum atomic E-state index is 12.5. The third-order valence-corrected chi connectivity index (χ3v) is 3.63. The molecule has 120 valence electrons. The number of benzene rings is 1. The van der Waals surface area contributed by atoms with E-state index < -0.39 is 17.8 Å². The van der Waals surface area contributed by atoms with Crippen molar-refractivity contribution in [2.75, 3.05) is 0 Å². The Bertz CT molecular complexity index is 564. The molecule has 3 N–H and O–H groups in total. The number of aliphatic hydroxyl groups excluding tert-OH is 1. The molecule has 0 spiro atoms. The van der Waals surface area contributed by atoms with Gasteiger partial charge in [0.1, 0.15) is 0 Å². The zero-order valence-electron chi connectivity index (χ0n) is 12.2. The molecule has 22 heavy (non-hydrogen) atoms. The van der Waals surface area contributed by atoms with Gasteiger partial charge in [0.05, 0.1) is 11.7 Å². The molecule has 1 heterocycles. The first-order chi connectivity index (χ1) is 10.4. The van der Waals surface area contributed by atoms with Gasteiger partial charge >= 0.3 is 6.18 Å². The molecule has 3 nitrogen and oxygen atoms in total. The fourth-order valence-corrected chi connectivity index (χ4v) is 2.30. The lowest BCUT2D eigenvalue weighted by molar-refractivity contribution is -0.137. The number of hydrogen-bond acceptors (Lipinski definition) is 2. The zero-order valence-corrected chi connectivity index (χ0v) is 12.2. The SMILES string of the molecule is CC[C@H](NCc1cc[nH]c1)[C@@H](O)c1ccc(C(F)(F)F)cc1. The van der Waals surface area contributed by atoms with Crippen molar-refractivity contribution in [2.45, 2.75) is 38.2 Å². The van der Waals surface area contributed by atoms with E-state index in [0.717, 1.165) is 17.7 Å². The summed E-state index contributed by atoms with van der Waals surface area (Å²) in [6.07, 6.45) is -0.896. The number of H-pyrrole nitrogens is 1. The Balaban J connectivity index is 2.02. The second-order valence-corrected chi connectivity index (χ2v) is 5.18. The van der Waals surface area contributed by atoms with Crippen molar-refractivity contribution in [1.29, 1.82) is 0 Å². The Morgan fingerprint density at radius 1 is 1.18 bits per heavy atom. The van der Waals surface area contributed by atoms with Gasteiger partial charge in [-0.2, -0.15) is 13.2 Å². The predicted octanol–water partition coefficient (Wildman–Crippen LogP) is 3.64. The summed E-state index contributed by atoms with van der Waals surface area (Å²) in [5, 5.41) is 13.6. The topological polar surface area (TPSA) is 48.0 Å². The monoisotopic (exact) mass is 312 g/mol. The normalized spacial score (nSPS) is 14.8. The molecule has 6 heteroatoms. The Kier molecular flexibility index (Phi) is 5.26. The summed E-state index contributed by atoms with van der Waals surface area (Å²) >= 11 is 0. The highest BCUT2D eigenvalue weighted by atomic mass is 19.4. The molecule has 0 radical (unpaired) electrons. The molecule has 2 atom stereocenters.